The molecule has 0 aromatic heterocycles. The minimum absolute atomic E-state index is 0.105. The molecule has 2 aromatic carbocycles. The second kappa shape index (κ2) is 10.3. The number of ketones is 1. The summed E-state index contributed by atoms with van der Waals surface area (Å²) in [5.74, 6) is -2.93. The number of alkyl halides is 3. The topological polar surface area (TPSA) is 91.0 Å². The zero-order valence-corrected chi connectivity index (χ0v) is 21.2. The Morgan fingerprint density at radius 1 is 1.21 bits per heavy atom. The lowest BCUT2D eigenvalue weighted by Gasteiger charge is -2.32. The summed E-state index contributed by atoms with van der Waals surface area (Å²) in [6.07, 6.45) is -4.85. The van der Waals surface area contributed by atoms with Gasteiger partial charge < -0.3 is 25.2 Å². The van der Waals surface area contributed by atoms with Crippen LogP contribution >= 0.6 is 12.2 Å². The number of nitrogens with one attached hydrogen (secondary N) is 2. The Kier molecular flexibility index (Phi) is 7.44. The molecule has 1 heterocycles. The maximum atomic E-state index is 13.6. The summed E-state index contributed by atoms with van der Waals surface area (Å²) >= 11 is 5.07. The smallest absolute Gasteiger partial charge is 0.366 e. The molecule has 2 aliphatic rings. The molecule has 1 aliphatic carbocycles. The number of hydrogen-bond donors (Lipinski definition) is 2. The van der Waals surface area contributed by atoms with Crippen molar-refractivity contribution in [2.45, 2.75) is 37.7 Å². The third-order valence-electron chi connectivity index (χ3n) is 6.59. The second-order valence-corrected chi connectivity index (χ2v) is 9.41. The zero-order valence-electron chi connectivity index (χ0n) is 20.4. The maximum absolute atomic E-state index is 13.6. The van der Waals surface area contributed by atoms with Crippen molar-refractivity contribution < 1.29 is 36.7 Å². The number of hydrogen-bond acceptors (Lipinski definition) is 5. The first-order chi connectivity index (χ1) is 17.9. The maximum Gasteiger partial charge on any atom is 0.408 e. The molecule has 1 aliphatic heterocycles. The van der Waals surface area contributed by atoms with E-state index in [9.17, 15) is 31.9 Å². The van der Waals surface area contributed by atoms with Crippen LogP contribution in [-0.2, 0) is 37.7 Å². The van der Waals surface area contributed by atoms with Crippen molar-refractivity contribution in [2.75, 3.05) is 25.6 Å². The van der Waals surface area contributed by atoms with Gasteiger partial charge in [-0.2, -0.15) is 13.2 Å². The van der Waals surface area contributed by atoms with Crippen LogP contribution in [0.3, 0.4) is 0 Å². The van der Waals surface area contributed by atoms with Gasteiger partial charge in [0.1, 0.15) is 25.1 Å². The van der Waals surface area contributed by atoms with E-state index in [4.69, 9.17) is 17.0 Å². The molecular formula is C25H24F4N4O4S. The summed E-state index contributed by atoms with van der Waals surface area (Å²) in [5.41, 5.74) is -0.254. The summed E-state index contributed by atoms with van der Waals surface area (Å²) in [5, 5.41) is 6.04. The summed E-state index contributed by atoms with van der Waals surface area (Å²) in [7, 11) is 1.64. The van der Waals surface area contributed by atoms with Crippen molar-refractivity contribution in [3.63, 3.8) is 0 Å². The van der Waals surface area contributed by atoms with Crippen LogP contribution in [0.15, 0.2) is 42.5 Å². The molecule has 202 valence electrons. The Hall–Kier alpha value is -3.58. The van der Waals surface area contributed by atoms with Crippen LogP contribution < -0.4 is 10.6 Å². The van der Waals surface area contributed by atoms with Crippen molar-refractivity contribution >= 4 is 40.6 Å². The molecule has 1 saturated heterocycles. The third kappa shape index (κ3) is 5.07. The van der Waals surface area contributed by atoms with E-state index in [1.807, 2.05) is 0 Å². The summed E-state index contributed by atoms with van der Waals surface area (Å²) in [4.78, 5) is 41.1. The van der Waals surface area contributed by atoms with Crippen LogP contribution in [-0.4, -0.2) is 65.1 Å². The number of carbonyl (C=O) groups excluding carboxylic acids is 3. The Bertz CT molecular complexity index is 1290. The van der Waals surface area contributed by atoms with E-state index in [1.54, 1.807) is 25.2 Å². The highest BCUT2D eigenvalue weighted by Gasteiger charge is 2.59. The molecule has 4 rings (SSSR count). The number of anilines is 1. The van der Waals surface area contributed by atoms with Crippen LogP contribution in [0.4, 0.5) is 23.2 Å². The van der Waals surface area contributed by atoms with Crippen molar-refractivity contribution in [1.82, 2.24) is 15.1 Å². The normalized spacial score (nSPS) is 19.5. The molecule has 8 nitrogen and oxygen atoms in total. The number of benzene rings is 2. The van der Waals surface area contributed by atoms with Gasteiger partial charge in [-0.05, 0) is 54.5 Å². The highest BCUT2D eigenvalue weighted by molar-refractivity contribution is 7.80. The average molecular weight is 553 g/mol. The first kappa shape index (κ1) is 27.5. The van der Waals surface area contributed by atoms with Crippen LogP contribution in [0, 0.1) is 5.82 Å². The molecular weight excluding hydrogens is 528 g/mol. The van der Waals surface area contributed by atoms with E-state index in [1.165, 1.54) is 12.1 Å². The van der Waals surface area contributed by atoms with Crippen LogP contribution in [0.5, 0.6) is 0 Å². The molecule has 0 radical (unpaired) electrons. The van der Waals surface area contributed by atoms with Gasteiger partial charge in [0, 0.05) is 31.3 Å². The molecule has 2 aromatic rings. The fourth-order valence-corrected chi connectivity index (χ4v) is 4.61. The lowest BCUT2D eigenvalue weighted by molar-refractivity contribution is -0.187. The molecule has 1 spiro atoms. The molecule has 38 heavy (non-hydrogen) atoms. The van der Waals surface area contributed by atoms with E-state index in [0.29, 0.717) is 26.8 Å². The Labute approximate surface area is 220 Å². The number of thiocarbonyl (C=S) groups is 1. The first-order valence-electron chi connectivity index (χ1n) is 11.6. The number of ether oxygens (including phenoxy) is 1. The summed E-state index contributed by atoms with van der Waals surface area (Å²) in [6.45, 7) is -0.821. The number of halogens is 4. The number of rotatable bonds is 6. The number of fused-ring (bicyclic) bond motifs is 2. The second-order valence-electron chi connectivity index (χ2n) is 9.00. The molecule has 0 bridgehead atoms. The Morgan fingerprint density at radius 2 is 1.89 bits per heavy atom. The van der Waals surface area contributed by atoms with Crippen molar-refractivity contribution in [1.29, 1.82) is 0 Å². The minimum Gasteiger partial charge on any atom is -0.366 e. The fourth-order valence-electron chi connectivity index (χ4n) is 4.49. The molecule has 1 fully saturated rings. The van der Waals surface area contributed by atoms with E-state index in [0.717, 1.165) is 24.0 Å². The van der Waals surface area contributed by atoms with Crippen LogP contribution in [0.1, 0.15) is 23.6 Å². The average Bonchev–Trinajstić information content (AvgIpc) is 3.34. The van der Waals surface area contributed by atoms with Gasteiger partial charge in [-0.25, -0.2) is 4.39 Å². The SMILES string of the molecule is CNC(=S)Nc1ccc2c(c1)CC(=O)[C@]21OCN(CC(=O)N(Cc2ccc(F)cc2)C(C)C(F)(F)F)C1=O. The molecule has 2 amide bonds. The highest BCUT2D eigenvalue weighted by atomic mass is 32.1. The van der Waals surface area contributed by atoms with Gasteiger partial charge in [0.05, 0.1) is 0 Å². The quantitative estimate of drug-likeness (QED) is 0.324. The minimum atomic E-state index is -4.75. The number of carbonyl (C=O) groups is 3. The van der Waals surface area contributed by atoms with Crippen molar-refractivity contribution in [2.24, 2.45) is 0 Å². The van der Waals surface area contributed by atoms with Crippen LogP contribution in [0.25, 0.3) is 0 Å². The van der Waals surface area contributed by atoms with E-state index in [2.05, 4.69) is 10.6 Å². The monoisotopic (exact) mass is 552 g/mol. The van der Waals surface area contributed by atoms with Gasteiger partial charge in [-0.15, -0.1) is 0 Å². The number of Topliss-reactive ketones (excluding diaryl/α,β-unsaturated/α-hetero) is 1. The number of amides is 2. The van der Waals surface area contributed by atoms with Gasteiger partial charge in [-0.1, -0.05) is 18.2 Å². The van der Waals surface area contributed by atoms with E-state index < -0.39 is 61.1 Å². The molecule has 0 saturated carbocycles. The summed E-state index contributed by atoms with van der Waals surface area (Å²) < 4.78 is 59.7. The Balaban J connectivity index is 1.55. The first-order valence-corrected chi connectivity index (χ1v) is 12.0. The lowest BCUT2D eigenvalue weighted by Crippen LogP contribution is -2.51. The number of nitrogens with zero attached hydrogens (tertiary/aromatic N) is 2. The van der Waals surface area contributed by atoms with Gasteiger partial charge in [0.2, 0.25) is 11.5 Å². The fraction of sp³-hybridized carbons (Fsp3) is 0.360. The van der Waals surface area contributed by atoms with E-state index in [-0.39, 0.29) is 12.0 Å². The van der Waals surface area contributed by atoms with Gasteiger partial charge >= 0.3 is 6.18 Å². The largest absolute Gasteiger partial charge is 0.408 e. The van der Waals surface area contributed by atoms with Crippen molar-refractivity contribution in [3.05, 3.63) is 65.0 Å². The molecule has 1 unspecified atom stereocenters. The molecule has 2 atom stereocenters. The zero-order chi connectivity index (χ0) is 27.8. The van der Waals surface area contributed by atoms with Gasteiger partial charge in [0.15, 0.2) is 10.9 Å². The van der Waals surface area contributed by atoms with Crippen molar-refractivity contribution in [3.8, 4) is 0 Å². The molecule has 13 heteroatoms. The van der Waals surface area contributed by atoms with E-state index >= 15 is 0 Å². The van der Waals surface area contributed by atoms with Gasteiger partial charge in [-0.3, -0.25) is 14.4 Å². The third-order valence-corrected chi connectivity index (χ3v) is 6.90. The highest BCUT2D eigenvalue weighted by Crippen LogP contribution is 2.43. The predicted molar refractivity (Wildman–Crippen MR) is 132 cm³/mol. The lowest BCUT2D eigenvalue weighted by atomic mass is 9.94. The van der Waals surface area contributed by atoms with Gasteiger partial charge in [0.25, 0.3) is 5.91 Å². The summed E-state index contributed by atoms with van der Waals surface area (Å²) in [6, 6.07) is 7.35. The predicted octanol–water partition coefficient (Wildman–Crippen LogP) is 2.86. The van der Waals surface area contributed by atoms with Crippen LogP contribution in [0.2, 0.25) is 0 Å². The molecule has 2 N–H and O–H groups in total. The Morgan fingerprint density at radius 3 is 2.53 bits per heavy atom. The standard InChI is InChI=1S/C25H24F4N4O4S/c1-14(25(27,28)29)33(11-15-3-5-17(26)6-4-15)21(35)12-32-13-37-24(22(32)36)19-8-7-18(31-23(38)30-2)9-16(19)10-20(24)34/h3-9,14H,10-13H2,1-2H3,(H2,30,31,38)/t14?,24-/m1/s1.